The largest absolute Gasteiger partial charge is 0.478 e. The predicted octanol–water partition coefficient (Wildman–Crippen LogP) is 6.16. The van der Waals surface area contributed by atoms with Gasteiger partial charge in [-0.2, -0.15) is 0 Å². The van der Waals surface area contributed by atoms with Crippen molar-refractivity contribution in [3.63, 3.8) is 0 Å². The van der Waals surface area contributed by atoms with Crippen LogP contribution in [0.4, 0.5) is 11.4 Å². The molecule has 0 aromatic heterocycles. The molecule has 9 rings (SSSR count). The maximum atomic E-state index is 12.8. The number of nitrogens with one attached hydrogen (secondary N) is 1. The van der Waals surface area contributed by atoms with Crippen molar-refractivity contribution < 1.29 is 52.7 Å². The molecule has 3 aliphatic heterocycles. The number of hydrogen-bond donors (Lipinski definition) is 4. The third-order valence-corrected chi connectivity index (χ3v) is 12.6. The lowest BCUT2D eigenvalue weighted by atomic mass is 9.89. The minimum absolute atomic E-state index is 0.0144. The fourth-order valence-corrected chi connectivity index (χ4v) is 8.60. The third-order valence-electron chi connectivity index (χ3n) is 12.6. The van der Waals surface area contributed by atoms with E-state index in [1.807, 2.05) is 148 Å². The predicted molar refractivity (Wildman–Crippen MR) is 299 cm³/mol. The van der Waals surface area contributed by atoms with Crippen LogP contribution in [0.2, 0.25) is 0 Å². The van der Waals surface area contributed by atoms with Gasteiger partial charge in [0.25, 0.3) is 17.7 Å². The molecule has 0 unspecified atom stereocenters. The van der Waals surface area contributed by atoms with E-state index in [2.05, 4.69) is 23.6 Å². The van der Waals surface area contributed by atoms with Gasteiger partial charge in [0.1, 0.15) is 50.9 Å². The van der Waals surface area contributed by atoms with Gasteiger partial charge in [0.2, 0.25) is 10.7 Å². The highest BCUT2D eigenvalue weighted by Crippen LogP contribution is 2.44. The number of rotatable bonds is 10. The first-order valence-electron chi connectivity index (χ1n) is 24.2. The van der Waals surface area contributed by atoms with E-state index in [0.29, 0.717) is 61.9 Å². The van der Waals surface area contributed by atoms with E-state index in [1.165, 1.54) is 24.3 Å². The highest BCUT2D eigenvalue weighted by atomic mass is 16.7. The summed E-state index contributed by atoms with van der Waals surface area (Å²) in [5, 5.41) is 26.6. The molecule has 18 nitrogen and oxygen atoms in total. The Labute approximate surface area is 449 Å². The first-order valence-corrected chi connectivity index (χ1v) is 24.2. The molecule has 0 atom stereocenters. The van der Waals surface area contributed by atoms with Crippen molar-refractivity contribution in [2.24, 2.45) is 5.73 Å². The van der Waals surface area contributed by atoms with Crippen molar-refractivity contribution in [1.82, 2.24) is 19.5 Å². The monoisotopic (exact) mass is 1050 g/mol. The molecule has 18 heteroatoms. The number of benzene rings is 6. The number of fused-ring (bicyclic) bond motifs is 4. The van der Waals surface area contributed by atoms with Crippen molar-refractivity contribution >= 4 is 68.9 Å². The van der Waals surface area contributed by atoms with E-state index >= 15 is 0 Å². The van der Waals surface area contributed by atoms with Crippen LogP contribution in [0.25, 0.3) is 66.8 Å². The van der Waals surface area contributed by atoms with Crippen LogP contribution in [0, 0.1) is 24.7 Å². The average Bonchev–Trinajstić information content (AvgIpc) is 3.84. The number of nitrogens with two attached hydrogens (primary N) is 1. The maximum absolute atomic E-state index is 12.8. The molecule has 5 N–H and O–H groups in total. The number of amides is 3. The number of terminal acetylenes is 2. The molecule has 3 amide bonds. The Morgan fingerprint density at radius 2 is 1.05 bits per heavy atom. The lowest BCUT2D eigenvalue weighted by Gasteiger charge is -2.19. The minimum Gasteiger partial charge on any atom is -0.478 e. The summed E-state index contributed by atoms with van der Waals surface area (Å²) < 4.78 is 16.5. The summed E-state index contributed by atoms with van der Waals surface area (Å²) in [4.78, 5) is 82.6. The zero-order valence-electron chi connectivity index (χ0n) is 44.3. The quantitative estimate of drug-likeness (QED) is 0.0520. The Morgan fingerprint density at radius 1 is 0.628 bits per heavy atom. The summed E-state index contributed by atoms with van der Waals surface area (Å²) in [5.74, 6) is 0.667. The SMILES string of the molecule is C#CCN.C#CCNC(=O)c1ccc(-c2c3ccc(=[N+](C)C)cc-3oc3cc(N(C)C)ccc23)c(C(=O)O)c1.CN(C)c1ccc2c(-c3ccc(C(=O)ON4C(=O)CCC4=O)cc3C(=O)O)c3ccc(=[N+](C)C)cc-3oc2c1. The van der Waals surface area contributed by atoms with Gasteiger partial charge in [-0.05, 0) is 71.8 Å². The molecule has 2 aliphatic carbocycles. The summed E-state index contributed by atoms with van der Waals surface area (Å²) in [6.07, 6.45) is 9.78. The Kier molecular flexibility index (Phi) is 16.9. The van der Waals surface area contributed by atoms with Crippen LogP contribution in [0.15, 0.2) is 118 Å². The number of nitrogens with zero attached hydrogens (tertiary/aromatic N) is 5. The molecule has 4 aromatic carbocycles. The van der Waals surface area contributed by atoms with Crippen molar-refractivity contribution in [3.05, 3.63) is 142 Å². The van der Waals surface area contributed by atoms with Crippen LogP contribution in [-0.2, 0) is 14.4 Å². The molecular formula is C60H57N7O11+2. The topological polar surface area (TPSA) is 232 Å². The van der Waals surface area contributed by atoms with E-state index in [9.17, 15) is 39.0 Å². The number of aromatic carboxylic acids is 2. The second-order valence-corrected chi connectivity index (χ2v) is 18.6. The van der Waals surface area contributed by atoms with Gasteiger partial charge in [-0.15, -0.1) is 17.9 Å². The average molecular weight is 1050 g/mol. The number of carboxylic acids is 2. The molecule has 0 radical (unpaired) electrons. The van der Waals surface area contributed by atoms with Gasteiger partial charge < -0.3 is 44.7 Å². The lowest BCUT2D eigenvalue weighted by molar-refractivity contribution is -0.172. The second-order valence-electron chi connectivity index (χ2n) is 18.6. The third kappa shape index (κ3) is 11.7. The Balaban J connectivity index is 0.000000213. The summed E-state index contributed by atoms with van der Waals surface area (Å²) >= 11 is 0. The molecule has 4 aromatic rings. The van der Waals surface area contributed by atoms with Gasteiger partial charge in [0.15, 0.2) is 0 Å². The van der Waals surface area contributed by atoms with Gasteiger partial charge >= 0.3 is 17.9 Å². The van der Waals surface area contributed by atoms with Crippen LogP contribution < -0.4 is 40.7 Å². The van der Waals surface area contributed by atoms with E-state index < -0.39 is 35.6 Å². The second kappa shape index (κ2) is 23.7. The number of carbonyl (C=O) groups is 6. The van der Waals surface area contributed by atoms with Gasteiger partial charge in [0, 0.05) is 115 Å². The van der Waals surface area contributed by atoms with Crippen molar-refractivity contribution in [2.75, 3.05) is 79.3 Å². The van der Waals surface area contributed by atoms with Crippen molar-refractivity contribution in [1.29, 1.82) is 0 Å². The standard InChI is InChI=1S/C29H25N3O7.C28H25N3O4.C3H5N/c1-30(2)17-6-9-20-23(14-17)38-24-15-18(31(3)4)7-10-21(24)27(20)19-8-5-16(13-22(19)28(35)36)29(37)39-32-25(33)11-12-26(32)34;1-6-13-29-27(32)17-7-10-20(23(14-17)28(33)34)26-21-11-8-18(30(2)3)15-24(21)35-25-16-19(31(4)5)9-12-22(25)26;1-2-3-4/h5-10,13-15H,11-12H2,1-4H3;1,7-12,14-16H,13H2,2-5H3,(H-,29,32,33,34);1H,3-4H2/p+2. The Hall–Kier alpha value is -10.0. The van der Waals surface area contributed by atoms with Gasteiger partial charge in [-0.1, -0.05) is 24.0 Å². The van der Waals surface area contributed by atoms with Crippen LogP contribution >= 0.6 is 0 Å². The number of hydroxylamine groups is 2. The van der Waals surface area contributed by atoms with Crippen LogP contribution in [0.5, 0.6) is 0 Å². The lowest BCUT2D eigenvalue weighted by Crippen LogP contribution is -2.32. The van der Waals surface area contributed by atoms with Crippen LogP contribution in [0.3, 0.4) is 0 Å². The molecule has 1 fully saturated rings. The minimum atomic E-state index is -1.26. The molecule has 5 aliphatic rings. The molecular weight excluding hydrogens is 995 g/mol. The van der Waals surface area contributed by atoms with E-state index in [-0.39, 0.29) is 41.6 Å². The number of hydrogen-bond acceptors (Lipinski definition) is 12. The summed E-state index contributed by atoms with van der Waals surface area (Å²) in [5.41, 5.74) is 11.5. The number of anilines is 2. The molecule has 3 heterocycles. The first-order chi connectivity index (χ1) is 37.2. The normalized spacial score (nSPS) is 11.7. The van der Waals surface area contributed by atoms with E-state index in [4.69, 9.17) is 25.8 Å². The van der Waals surface area contributed by atoms with Crippen molar-refractivity contribution in [2.45, 2.75) is 12.8 Å². The number of carboxylic acid groups (broad SMARTS) is 2. The van der Waals surface area contributed by atoms with E-state index in [1.54, 1.807) is 12.1 Å². The fourth-order valence-electron chi connectivity index (χ4n) is 8.60. The van der Waals surface area contributed by atoms with Crippen molar-refractivity contribution in [3.8, 4) is 69.6 Å². The number of imide groups is 1. The summed E-state index contributed by atoms with van der Waals surface area (Å²) in [6.45, 7) is 0.404. The Morgan fingerprint density at radius 3 is 1.45 bits per heavy atom. The highest BCUT2D eigenvalue weighted by molar-refractivity contribution is 6.11. The van der Waals surface area contributed by atoms with Crippen LogP contribution in [-0.4, -0.2) is 120 Å². The summed E-state index contributed by atoms with van der Waals surface area (Å²) in [6, 6.07) is 31.8. The molecule has 78 heavy (non-hydrogen) atoms. The van der Waals surface area contributed by atoms with Gasteiger partial charge in [-0.3, -0.25) is 14.4 Å². The van der Waals surface area contributed by atoms with Gasteiger partial charge in [0.05, 0.1) is 41.9 Å². The van der Waals surface area contributed by atoms with Crippen LogP contribution in [0.1, 0.15) is 54.3 Å². The summed E-state index contributed by atoms with van der Waals surface area (Å²) in [7, 11) is 15.4. The fraction of sp³-hybridized carbons (Fsp3) is 0.200. The zero-order valence-corrected chi connectivity index (χ0v) is 44.3. The molecule has 0 saturated carbocycles. The molecule has 0 bridgehead atoms. The van der Waals surface area contributed by atoms with Gasteiger partial charge in [-0.25, -0.2) is 23.5 Å². The molecule has 396 valence electrons. The first kappa shape index (κ1) is 55.7. The molecule has 1 saturated heterocycles. The Bertz CT molecular complexity index is 3890. The number of carbonyl (C=O) groups excluding carboxylic acids is 4. The highest BCUT2D eigenvalue weighted by Gasteiger charge is 2.34. The smallest absolute Gasteiger partial charge is 0.363 e. The van der Waals surface area contributed by atoms with E-state index in [0.717, 1.165) is 38.6 Å². The maximum Gasteiger partial charge on any atom is 0.363 e. The zero-order chi connectivity index (χ0) is 56.7. The molecule has 0 spiro atoms.